The number of hydrogen-bond donors (Lipinski definition) is 6. The number of amides is 1. The summed E-state index contributed by atoms with van der Waals surface area (Å²) in [5, 5.41) is 54.2. The number of hydrogen-bond acceptors (Lipinski definition) is 8. The van der Waals surface area contributed by atoms with Crippen LogP contribution in [0.1, 0.15) is 174 Å². The van der Waals surface area contributed by atoms with E-state index in [1.807, 2.05) is 6.08 Å². The molecular weight excluding hydrogens is 779 g/mol. The summed E-state index contributed by atoms with van der Waals surface area (Å²) in [5.74, 6) is -0.227. The second kappa shape index (κ2) is 42.1. The Hall–Kier alpha value is -2.89. The van der Waals surface area contributed by atoms with Gasteiger partial charge in [0.05, 0.1) is 25.4 Å². The lowest BCUT2D eigenvalue weighted by Crippen LogP contribution is -2.60. The predicted molar refractivity (Wildman–Crippen MR) is 258 cm³/mol. The predicted octanol–water partition coefficient (Wildman–Crippen LogP) is 10.9. The third-order valence-corrected chi connectivity index (χ3v) is 10.9. The van der Waals surface area contributed by atoms with Crippen LogP contribution in [0.25, 0.3) is 0 Å². The molecule has 0 saturated carbocycles. The van der Waals surface area contributed by atoms with Crippen molar-refractivity contribution in [2.24, 2.45) is 0 Å². The number of unbranched alkanes of at least 4 members (excludes halogenated alkanes) is 15. The van der Waals surface area contributed by atoms with Crippen LogP contribution >= 0.6 is 0 Å². The number of carbonyl (C=O) groups excluding carboxylic acids is 1. The Morgan fingerprint density at radius 3 is 1.55 bits per heavy atom. The Morgan fingerprint density at radius 1 is 0.565 bits per heavy atom. The summed E-state index contributed by atoms with van der Waals surface area (Å²) in [6.45, 7) is 3.60. The second-order valence-corrected chi connectivity index (χ2v) is 16.5. The molecule has 7 atom stereocenters. The van der Waals surface area contributed by atoms with E-state index >= 15 is 0 Å². The summed E-state index contributed by atoms with van der Waals surface area (Å²) in [7, 11) is 0. The Kier molecular flexibility index (Phi) is 38.8. The Morgan fingerprint density at radius 2 is 1.02 bits per heavy atom. The summed E-state index contributed by atoms with van der Waals surface area (Å²) >= 11 is 0. The summed E-state index contributed by atoms with van der Waals surface area (Å²) in [4.78, 5) is 13.0. The molecule has 1 aliphatic heterocycles. The van der Waals surface area contributed by atoms with Gasteiger partial charge in [0.25, 0.3) is 0 Å². The average molecular weight is 868 g/mol. The van der Waals surface area contributed by atoms with E-state index in [0.29, 0.717) is 12.8 Å². The van der Waals surface area contributed by atoms with Gasteiger partial charge in [-0.25, -0.2) is 0 Å². The number of rotatable bonds is 39. The fraction of sp³-hybridized carbons (Fsp3) is 0.679. The minimum Gasteiger partial charge on any atom is -0.394 e. The molecule has 354 valence electrons. The maximum Gasteiger partial charge on any atom is 0.220 e. The van der Waals surface area contributed by atoms with E-state index in [1.165, 1.54) is 64.2 Å². The summed E-state index contributed by atoms with van der Waals surface area (Å²) in [6.07, 6.45) is 53.1. The van der Waals surface area contributed by atoms with Crippen molar-refractivity contribution in [3.63, 3.8) is 0 Å². The van der Waals surface area contributed by atoms with E-state index in [9.17, 15) is 30.3 Å². The SMILES string of the molecule is CC/C=C\C/C=C\C/C=C\C/C=C\C/C=C\CCCCCC(=O)NC(COC1OC(CO)C(O)C(O)C1O)C(O)/C=C/CC/C=C/CC/C=C/CCCCCCCCCCCC. The molecule has 1 fully saturated rings. The van der Waals surface area contributed by atoms with Crippen molar-refractivity contribution >= 4 is 5.91 Å². The van der Waals surface area contributed by atoms with E-state index in [0.717, 1.165) is 77.0 Å². The molecule has 0 aliphatic carbocycles. The zero-order chi connectivity index (χ0) is 45.1. The van der Waals surface area contributed by atoms with Gasteiger partial charge in [0.15, 0.2) is 6.29 Å². The molecule has 0 spiro atoms. The van der Waals surface area contributed by atoms with Gasteiger partial charge in [0.1, 0.15) is 24.4 Å². The summed E-state index contributed by atoms with van der Waals surface area (Å²) in [5.41, 5.74) is 0. The van der Waals surface area contributed by atoms with Crippen LogP contribution in [0, 0.1) is 0 Å². The van der Waals surface area contributed by atoms with E-state index in [-0.39, 0.29) is 18.9 Å². The van der Waals surface area contributed by atoms with Crippen LogP contribution < -0.4 is 5.32 Å². The first-order valence-corrected chi connectivity index (χ1v) is 24.5. The number of aliphatic hydroxyl groups is 5. The Balaban J connectivity index is 2.41. The molecule has 0 radical (unpaired) electrons. The Bertz CT molecular complexity index is 1280. The molecule has 1 saturated heterocycles. The molecule has 6 N–H and O–H groups in total. The van der Waals surface area contributed by atoms with Crippen LogP contribution in [0.4, 0.5) is 0 Å². The first kappa shape index (κ1) is 57.1. The highest BCUT2D eigenvalue weighted by Gasteiger charge is 2.44. The highest BCUT2D eigenvalue weighted by molar-refractivity contribution is 5.76. The van der Waals surface area contributed by atoms with E-state index in [2.05, 4.69) is 104 Å². The minimum absolute atomic E-state index is 0.226. The van der Waals surface area contributed by atoms with Crippen molar-refractivity contribution in [3.05, 3.63) is 97.2 Å². The van der Waals surface area contributed by atoms with Crippen LogP contribution in [0.2, 0.25) is 0 Å². The third-order valence-electron chi connectivity index (χ3n) is 10.9. The highest BCUT2D eigenvalue weighted by Crippen LogP contribution is 2.22. The van der Waals surface area contributed by atoms with Gasteiger partial charge in [0, 0.05) is 6.42 Å². The number of nitrogens with one attached hydrogen (secondary N) is 1. The standard InChI is InChI=1S/C53H89NO8/c1-3-5-7-9-11-13-15-17-19-21-23-25-26-28-30-32-34-36-38-40-42-47(56)46(45-61-53-52(60)51(59)50(58)48(44-55)62-53)54-49(57)43-41-39-37-35-33-31-29-27-24-22-20-18-16-14-12-10-8-6-4-2/h6,8,12,14,18,20,24-27,31-34,40,42,46-48,50-53,55-56,58-60H,3-5,7,9-11,13,15-17,19,21-23,28-30,35-39,41,43-45H2,1-2H3,(H,54,57)/b8-6-,14-12-,20-18-,26-25+,27-24-,33-31-,34-32+,42-40+. The first-order chi connectivity index (χ1) is 30.3. The topological polar surface area (TPSA) is 149 Å². The van der Waals surface area contributed by atoms with Crippen molar-refractivity contribution in [3.8, 4) is 0 Å². The average Bonchev–Trinajstić information content (AvgIpc) is 3.27. The van der Waals surface area contributed by atoms with Crippen molar-refractivity contribution in [2.45, 2.75) is 217 Å². The van der Waals surface area contributed by atoms with Gasteiger partial charge in [0.2, 0.25) is 5.91 Å². The molecule has 9 heteroatoms. The lowest BCUT2D eigenvalue weighted by molar-refractivity contribution is -0.302. The van der Waals surface area contributed by atoms with Crippen molar-refractivity contribution in [2.75, 3.05) is 13.2 Å². The van der Waals surface area contributed by atoms with Gasteiger partial charge in [-0.1, -0.05) is 175 Å². The molecule has 1 heterocycles. The molecule has 1 aliphatic rings. The van der Waals surface area contributed by atoms with Crippen molar-refractivity contribution in [1.29, 1.82) is 0 Å². The zero-order valence-corrected chi connectivity index (χ0v) is 38.8. The van der Waals surface area contributed by atoms with Crippen LogP contribution in [0.3, 0.4) is 0 Å². The quantitative estimate of drug-likeness (QED) is 0.0264. The molecule has 9 nitrogen and oxygen atoms in total. The lowest BCUT2D eigenvalue weighted by Gasteiger charge is -2.40. The maximum absolute atomic E-state index is 13.0. The monoisotopic (exact) mass is 868 g/mol. The third kappa shape index (κ3) is 31.9. The van der Waals surface area contributed by atoms with Gasteiger partial charge in [-0.05, 0) is 89.9 Å². The van der Waals surface area contributed by atoms with E-state index < -0.39 is 49.5 Å². The second-order valence-electron chi connectivity index (χ2n) is 16.5. The minimum atomic E-state index is -1.59. The van der Waals surface area contributed by atoms with Crippen LogP contribution in [-0.2, 0) is 14.3 Å². The molecule has 62 heavy (non-hydrogen) atoms. The molecule has 0 aromatic heterocycles. The molecule has 0 aromatic carbocycles. The molecular formula is C53H89NO8. The largest absolute Gasteiger partial charge is 0.394 e. The number of ether oxygens (including phenoxy) is 2. The maximum atomic E-state index is 13.0. The zero-order valence-electron chi connectivity index (χ0n) is 38.8. The summed E-state index contributed by atoms with van der Waals surface area (Å²) < 4.78 is 11.2. The molecule has 0 bridgehead atoms. The lowest BCUT2D eigenvalue weighted by atomic mass is 9.99. The van der Waals surface area contributed by atoms with E-state index in [4.69, 9.17) is 9.47 Å². The van der Waals surface area contributed by atoms with Gasteiger partial charge in [-0.15, -0.1) is 0 Å². The molecule has 1 rings (SSSR count). The normalized spacial score (nSPS) is 21.2. The number of carbonyl (C=O) groups is 1. The number of allylic oxidation sites excluding steroid dienone is 15. The summed E-state index contributed by atoms with van der Waals surface area (Å²) in [6, 6.07) is -0.852. The van der Waals surface area contributed by atoms with Gasteiger partial charge in [-0.2, -0.15) is 0 Å². The van der Waals surface area contributed by atoms with Gasteiger partial charge < -0.3 is 40.3 Å². The van der Waals surface area contributed by atoms with Crippen molar-refractivity contribution in [1.82, 2.24) is 5.32 Å². The van der Waals surface area contributed by atoms with Gasteiger partial charge >= 0.3 is 0 Å². The molecule has 7 unspecified atom stereocenters. The highest BCUT2D eigenvalue weighted by atomic mass is 16.7. The Labute approximate surface area is 377 Å². The van der Waals surface area contributed by atoms with Gasteiger partial charge in [-0.3, -0.25) is 4.79 Å². The number of aliphatic hydroxyl groups excluding tert-OH is 5. The van der Waals surface area contributed by atoms with E-state index in [1.54, 1.807) is 6.08 Å². The molecule has 0 aromatic rings. The smallest absolute Gasteiger partial charge is 0.220 e. The van der Waals surface area contributed by atoms with Crippen LogP contribution in [-0.4, -0.2) is 87.5 Å². The van der Waals surface area contributed by atoms with Crippen LogP contribution in [0.5, 0.6) is 0 Å². The fourth-order valence-corrected chi connectivity index (χ4v) is 6.98. The van der Waals surface area contributed by atoms with Crippen LogP contribution in [0.15, 0.2) is 97.2 Å². The molecule has 1 amide bonds. The van der Waals surface area contributed by atoms with Crippen molar-refractivity contribution < 1.29 is 39.8 Å². The fourth-order valence-electron chi connectivity index (χ4n) is 6.98. The first-order valence-electron chi connectivity index (χ1n) is 24.5.